The fourth-order valence-electron chi connectivity index (χ4n) is 3.37. The zero-order valence-corrected chi connectivity index (χ0v) is 18.7. The number of ether oxygens (including phenoxy) is 2. The van der Waals surface area contributed by atoms with E-state index >= 15 is 0 Å². The zero-order chi connectivity index (χ0) is 21.9. The van der Waals surface area contributed by atoms with E-state index < -0.39 is 5.97 Å². The Morgan fingerprint density at radius 3 is 1.80 bits per heavy atom. The number of hydrogen-bond acceptors (Lipinski definition) is 5. The summed E-state index contributed by atoms with van der Waals surface area (Å²) < 4.78 is 10.1. The van der Waals surface area contributed by atoms with Crippen LogP contribution in [0.3, 0.4) is 0 Å². The Morgan fingerprint density at radius 1 is 0.733 bits per heavy atom. The monoisotopic (exact) mass is 420 g/mol. The molecule has 0 saturated heterocycles. The lowest BCUT2D eigenvalue weighted by molar-refractivity contribution is -0.144. The molecule has 170 valence electrons. The van der Waals surface area contributed by atoms with Crippen molar-refractivity contribution in [3.05, 3.63) is 29.8 Å². The molecule has 0 aliphatic carbocycles. The Kier molecular flexibility index (Phi) is 15.4. The first-order valence-electron chi connectivity index (χ1n) is 11.8. The van der Waals surface area contributed by atoms with Crippen molar-refractivity contribution >= 4 is 11.9 Å². The molecule has 0 saturated carbocycles. The quantitative estimate of drug-likeness (QED) is 0.215. The van der Waals surface area contributed by atoms with E-state index in [1.54, 1.807) is 12.1 Å². The minimum Gasteiger partial charge on any atom is -0.507 e. The maximum atomic E-state index is 11.8. The molecule has 0 aromatic heterocycles. The molecule has 5 nitrogen and oxygen atoms in total. The van der Waals surface area contributed by atoms with Gasteiger partial charge in [-0.1, -0.05) is 96.1 Å². The van der Waals surface area contributed by atoms with Gasteiger partial charge in [0.1, 0.15) is 24.5 Å². The molecular formula is C25H40O5. The molecule has 1 aromatic carbocycles. The second-order valence-electron chi connectivity index (χ2n) is 7.87. The van der Waals surface area contributed by atoms with Gasteiger partial charge in [0.05, 0.1) is 0 Å². The second-order valence-corrected chi connectivity index (χ2v) is 7.87. The summed E-state index contributed by atoms with van der Waals surface area (Å²) >= 11 is 0. The van der Waals surface area contributed by atoms with E-state index in [1.165, 1.54) is 82.8 Å². The molecule has 30 heavy (non-hydrogen) atoms. The van der Waals surface area contributed by atoms with E-state index in [4.69, 9.17) is 9.47 Å². The van der Waals surface area contributed by atoms with Crippen molar-refractivity contribution in [3.63, 3.8) is 0 Å². The molecule has 0 amide bonds. The molecule has 1 aromatic rings. The third-order valence-corrected chi connectivity index (χ3v) is 5.19. The lowest BCUT2D eigenvalue weighted by atomic mass is 10.0. The van der Waals surface area contributed by atoms with E-state index in [2.05, 4.69) is 6.92 Å². The Bertz CT molecular complexity index is 585. The van der Waals surface area contributed by atoms with E-state index in [-0.39, 0.29) is 30.5 Å². The van der Waals surface area contributed by atoms with Gasteiger partial charge in [-0.3, -0.25) is 4.79 Å². The van der Waals surface area contributed by atoms with Gasteiger partial charge >= 0.3 is 11.9 Å². The number of phenolic OH excluding ortho intramolecular Hbond substituents is 1. The normalized spacial score (nSPS) is 10.7. The summed E-state index contributed by atoms with van der Waals surface area (Å²) in [6.45, 7) is 2.27. The maximum Gasteiger partial charge on any atom is 0.342 e. The molecule has 0 radical (unpaired) electrons. The summed E-state index contributed by atoms with van der Waals surface area (Å²) in [5, 5.41) is 9.59. The van der Waals surface area contributed by atoms with Crippen LogP contribution < -0.4 is 0 Å². The molecule has 5 heteroatoms. The van der Waals surface area contributed by atoms with Crippen molar-refractivity contribution in [2.75, 3.05) is 13.2 Å². The van der Waals surface area contributed by atoms with Crippen molar-refractivity contribution in [3.8, 4) is 5.75 Å². The first-order valence-corrected chi connectivity index (χ1v) is 11.8. The van der Waals surface area contributed by atoms with Crippen LogP contribution >= 0.6 is 0 Å². The summed E-state index contributed by atoms with van der Waals surface area (Å²) in [4.78, 5) is 23.5. The van der Waals surface area contributed by atoms with Gasteiger partial charge in [-0.05, 0) is 18.6 Å². The van der Waals surface area contributed by atoms with Crippen LogP contribution in [0, 0.1) is 0 Å². The van der Waals surface area contributed by atoms with E-state index in [0.29, 0.717) is 6.42 Å². The number of rotatable bonds is 18. The average molecular weight is 421 g/mol. The summed E-state index contributed by atoms with van der Waals surface area (Å²) in [5.74, 6) is -1.00. The third-order valence-electron chi connectivity index (χ3n) is 5.19. The van der Waals surface area contributed by atoms with Gasteiger partial charge in [0.15, 0.2) is 0 Å². The number of carbonyl (C=O) groups excluding carboxylic acids is 2. The molecule has 0 unspecified atom stereocenters. The van der Waals surface area contributed by atoms with E-state index in [0.717, 1.165) is 12.8 Å². The Morgan fingerprint density at radius 2 is 1.23 bits per heavy atom. The van der Waals surface area contributed by atoms with Crippen LogP contribution in [-0.4, -0.2) is 30.3 Å². The van der Waals surface area contributed by atoms with Crippen LogP contribution in [0.15, 0.2) is 24.3 Å². The first kappa shape index (κ1) is 26.0. The van der Waals surface area contributed by atoms with Crippen molar-refractivity contribution < 1.29 is 24.2 Å². The van der Waals surface area contributed by atoms with Crippen LogP contribution in [0.1, 0.15) is 107 Å². The average Bonchev–Trinajstić information content (AvgIpc) is 2.74. The first-order chi connectivity index (χ1) is 14.6. The summed E-state index contributed by atoms with van der Waals surface area (Å²) in [7, 11) is 0. The van der Waals surface area contributed by atoms with Crippen LogP contribution in [0.2, 0.25) is 0 Å². The van der Waals surface area contributed by atoms with E-state index in [9.17, 15) is 14.7 Å². The number of unbranched alkanes of at least 4 members (excludes halogenated alkanes) is 12. The van der Waals surface area contributed by atoms with Gasteiger partial charge in [-0.25, -0.2) is 4.79 Å². The molecule has 0 aliphatic rings. The third kappa shape index (κ3) is 13.2. The van der Waals surface area contributed by atoms with Crippen molar-refractivity contribution in [1.29, 1.82) is 0 Å². The number of phenols is 1. The highest BCUT2D eigenvalue weighted by atomic mass is 16.6. The van der Waals surface area contributed by atoms with Gasteiger partial charge in [-0.15, -0.1) is 0 Å². The van der Waals surface area contributed by atoms with Gasteiger partial charge in [0, 0.05) is 6.42 Å². The zero-order valence-electron chi connectivity index (χ0n) is 18.7. The van der Waals surface area contributed by atoms with Crippen LogP contribution in [0.25, 0.3) is 0 Å². The topological polar surface area (TPSA) is 72.8 Å². The van der Waals surface area contributed by atoms with Gasteiger partial charge in [0.25, 0.3) is 0 Å². The number of esters is 2. The summed E-state index contributed by atoms with van der Waals surface area (Å²) in [5.41, 5.74) is 0.107. The summed E-state index contributed by atoms with van der Waals surface area (Å²) in [6.07, 6.45) is 16.9. The highest BCUT2D eigenvalue weighted by Gasteiger charge is 2.11. The molecule has 0 bridgehead atoms. The summed E-state index contributed by atoms with van der Waals surface area (Å²) in [6, 6.07) is 6.18. The number of aromatic hydroxyl groups is 1. The molecule has 0 aliphatic heterocycles. The predicted molar refractivity (Wildman–Crippen MR) is 120 cm³/mol. The Labute approximate surface area is 182 Å². The minimum absolute atomic E-state index is 0.0164. The van der Waals surface area contributed by atoms with Gasteiger partial charge in [-0.2, -0.15) is 0 Å². The standard InChI is InChI=1S/C25H40O5/c1-2-3-4-5-6-7-8-9-10-11-12-13-14-19-24(27)29-20-21-30-25(28)22-17-15-16-18-23(22)26/h15-18,26H,2-14,19-21H2,1H3. The van der Waals surface area contributed by atoms with Crippen molar-refractivity contribution in [2.45, 2.75) is 96.8 Å². The number of carbonyl (C=O) groups is 2. The highest BCUT2D eigenvalue weighted by molar-refractivity contribution is 5.92. The smallest absolute Gasteiger partial charge is 0.342 e. The molecule has 0 atom stereocenters. The van der Waals surface area contributed by atoms with Crippen molar-refractivity contribution in [1.82, 2.24) is 0 Å². The minimum atomic E-state index is -0.624. The van der Waals surface area contributed by atoms with Gasteiger partial charge in [0.2, 0.25) is 0 Å². The number of hydrogen-bond donors (Lipinski definition) is 1. The van der Waals surface area contributed by atoms with Crippen LogP contribution in [0.4, 0.5) is 0 Å². The number of benzene rings is 1. The predicted octanol–water partition coefficient (Wildman–Crippen LogP) is 6.57. The molecular weight excluding hydrogens is 380 g/mol. The van der Waals surface area contributed by atoms with Crippen LogP contribution in [0.5, 0.6) is 5.75 Å². The highest BCUT2D eigenvalue weighted by Crippen LogP contribution is 2.16. The van der Waals surface area contributed by atoms with Crippen molar-refractivity contribution in [2.24, 2.45) is 0 Å². The lowest BCUT2D eigenvalue weighted by Crippen LogP contribution is -2.14. The fourth-order valence-corrected chi connectivity index (χ4v) is 3.37. The second kappa shape index (κ2) is 17.8. The molecule has 0 heterocycles. The largest absolute Gasteiger partial charge is 0.507 e. The maximum absolute atomic E-state index is 11.8. The lowest BCUT2D eigenvalue weighted by Gasteiger charge is -2.07. The molecule has 1 rings (SSSR count). The Hall–Kier alpha value is -2.04. The van der Waals surface area contributed by atoms with Gasteiger partial charge < -0.3 is 14.6 Å². The molecule has 0 fully saturated rings. The molecule has 0 spiro atoms. The fraction of sp³-hybridized carbons (Fsp3) is 0.680. The number of para-hydroxylation sites is 1. The van der Waals surface area contributed by atoms with Crippen LogP contribution in [-0.2, 0) is 14.3 Å². The SMILES string of the molecule is CCCCCCCCCCCCCCCC(=O)OCCOC(=O)c1ccccc1O. The van der Waals surface area contributed by atoms with E-state index in [1.807, 2.05) is 0 Å². The molecule has 1 N–H and O–H groups in total. The Balaban J connectivity index is 1.87.